The van der Waals surface area contributed by atoms with Crippen LogP contribution in [0.1, 0.15) is 18.1 Å². The van der Waals surface area contributed by atoms with Gasteiger partial charge in [-0.15, -0.1) is 0 Å². The number of halogens is 1. The lowest BCUT2D eigenvalue weighted by Gasteiger charge is -2.36. The maximum Gasteiger partial charge on any atom is 0.170 e. The number of rotatable bonds is 2. The number of aliphatic hydroxyl groups excluding tert-OH is 3. The zero-order chi connectivity index (χ0) is 13.3. The molecule has 0 bridgehead atoms. The summed E-state index contributed by atoms with van der Waals surface area (Å²) in [6.07, 6.45) is -4.12. The van der Waals surface area contributed by atoms with Crippen LogP contribution in [-0.4, -0.2) is 45.3 Å². The summed E-state index contributed by atoms with van der Waals surface area (Å²) in [4.78, 5) is 0. The Bertz CT molecular complexity index is 425. The Balaban J connectivity index is 2.32. The molecule has 1 fully saturated rings. The van der Waals surface area contributed by atoms with Crippen LogP contribution in [0.5, 0.6) is 5.75 Å². The maximum atomic E-state index is 13.7. The minimum absolute atomic E-state index is 0.0419. The van der Waals surface area contributed by atoms with Crippen molar-refractivity contribution in [1.82, 2.24) is 0 Å². The molecule has 0 saturated carbocycles. The molecule has 1 aromatic rings. The molecule has 1 aliphatic heterocycles. The Kier molecular flexibility index (Phi) is 3.82. The van der Waals surface area contributed by atoms with E-state index in [2.05, 4.69) is 0 Å². The summed E-state index contributed by atoms with van der Waals surface area (Å²) < 4.78 is 19.1. The van der Waals surface area contributed by atoms with Crippen molar-refractivity contribution in [2.45, 2.75) is 30.8 Å². The monoisotopic (exact) mass is 258 g/mol. The van der Waals surface area contributed by atoms with Crippen LogP contribution in [0.25, 0.3) is 0 Å². The van der Waals surface area contributed by atoms with Crippen LogP contribution in [0, 0.1) is 5.82 Å². The first-order chi connectivity index (χ1) is 8.54. The highest BCUT2D eigenvalue weighted by molar-refractivity contribution is 5.32. The van der Waals surface area contributed by atoms with Gasteiger partial charge in [-0.25, -0.2) is 4.39 Å². The van der Waals surface area contributed by atoms with E-state index in [0.29, 0.717) is 0 Å². The summed E-state index contributed by atoms with van der Waals surface area (Å²) in [5.41, 5.74) is -0.0419. The van der Waals surface area contributed by atoms with Crippen LogP contribution >= 0.6 is 0 Å². The van der Waals surface area contributed by atoms with Gasteiger partial charge in [-0.2, -0.15) is 0 Å². The van der Waals surface area contributed by atoms with E-state index in [1.807, 2.05) is 0 Å². The molecule has 0 spiro atoms. The van der Waals surface area contributed by atoms with Crippen molar-refractivity contribution >= 4 is 0 Å². The molecule has 1 aliphatic rings. The molecule has 100 valence electrons. The van der Waals surface area contributed by atoms with Crippen molar-refractivity contribution < 1.29 is 29.6 Å². The molecule has 1 heterocycles. The molecule has 1 aromatic carbocycles. The molecular formula is C12H15FO5. The summed E-state index contributed by atoms with van der Waals surface area (Å²) in [6.45, 7) is -0.333. The number of benzene rings is 1. The number of phenolic OH excluding ortho intramolecular Hbond substituents is 1. The van der Waals surface area contributed by atoms with E-state index in [4.69, 9.17) is 9.84 Å². The summed E-state index contributed by atoms with van der Waals surface area (Å²) in [7, 11) is 0. The fourth-order valence-corrected chi connectivity index (χ4v) is 2.09. The topological polar surface area (TPSA) is 90.2 Å². The van der Waals surface area contributed by atoms with Gasteiger partial charge in [0.1, 0.15) is 12.2 Å². The quantitative estimate of drug-likeness (QED) is 0.603. The fraction of sp³-hybridized carbons (Fsp3) is 0.500. The van der Waals surface area contributed by atoms with Gasteiger partial charge >= 0.3 is 0 Å². The number of phenols is 1. The highest BCUT2D eigenvalue weighted by Crippen LogP contribution is 2.35. The van der Waals surface area contributed by atoms with Crippen LogP contribution in [0.4, 0.5) is 4.39 Å². The van der Waals surface area contributed by atoms with E-state index < -0.39 is 36.0 Å². The average Bonchev–Trinajstić information content (AvgIpc) is 2.36. The van der Waals surface area contributed by atoms with Gasteiger partial charge in [0.2, 0.25) is 0 Å². The largest absolute Gasteiger partial charge is 0.505 e. The minimum Gasteiger partial charge on any atom is -0.505 e. The summed E-state index contributed by atoms with van der Waals surface area (Å²) in [6, 6.07) is 3.95. The number of hydrogen-bond acceptors (Lipinski definition) is 5. The van der Waals surface area contributed by atoms with E-state index in [-0.39, 0.29) is 18.6 Å². The first kappa shape index (κ1) is 13.2. The normalized spacial score (nSPS) is 32.4. The molecule has 0 aliphatic carbocycles. The third kappa shape index (κ3) is 2.32. The molecule has 6 heteroatoms. The second-order valence-electron chi connectivity index (χ2n) is 4.34. The number of aromatic hydroxyl groups is 1. The lowest BCUT2D eigenvalue weighted by Crippen LogP contribution is -2.44. The van der Waals surface area contributed by atoms with Crippen LogP contribution in [0.15, 0.2) is 18.2 Å². The van der Waals surface area contributed by atoms with Gasteiger partial charge in [0.15, 0.2) is 11.6 Å². The van der Waals surface area contributed by atoms with Crippen molar-refractivity contribution in [1.29, 1.82) is 0 Å². The van der Waals surface area contributed by atoms with Crippen molar-refractivity contribution in [3.63, 3.8) is 0 Å². The SMILES string of the molecule is OCC1CC(O)C(O)C(c2cccc(O)c2F)O1. The van der Waals surface area contributed by atoms with Gasteiger partial charge in [-0.1, -0.05) is 12.1 Å². The predicted molar refractivity (Wildman–Crippen MR) is 59.4 cm³/mol. The average molecular weight is 258 g/mol. The zero-order valence-electron chi connectivity index (χ0n) is 9.53. The predicted octanol–water partition coefficient (Wildman–Crippen LogP) is 0.0754. The molecule has 0 amide bonds. The van der Waals surface area contributed by atoms with Crippen molar-refractivity contribution in [2.24, 2.45) is 0 Å². The van der Waals surface area contributed by atoms with Gasteiger partial charge in [0, 0.05) is 12.0 Å². The van der Waals surface area contributed by atoms with Crippen molar-refractivity contribution in [2.75, 3.05) is 6.61 Å². The molecule has 5 nitrogen and oxygen atoms in total. The smallest absolute Gasteiger partial charge is 0.170 e. The Morgan fingerprint density at radius 1 is 1.33 bits per heavy atom. The fourth-order valence-electron chi connectivity index (χ4n) is 2.09. The van der Waals surface area contributed by atoms with Crippen LogP contribution < -0.4 is 0 Å². The molecular weight excluding hydrogens is 243 g/mol. The van der Waals surface area contributed by atoms with Crippen molar-refractivity contribution in [3.05, 3.63) is 29.6 Å². The van der Waals surface area contributed by atoms with Crippen LogP contribution in [0.2, 0.25) is 0 Å². The molecule has 0 aromatic heterocycles. The van der Waals surface area contributed by atoms with Crippen LogP contribution in [0.3, 0.4) is 0 Å². The molecule has 4 atom stereocenters. The number of ether oxygens (including phenoxy) is 1. The highest BCUT2D eigenvalue weighted by Gasteiger charge is 2.38. The molecule has 4 N–H and O–H groups in total. The number of hydrogen-bond donors (Lipinski definition) is 4. The van der Waals surface area contributed by atoms with Gasteiger partial charge in [0.05, 0.1) is 18.8 Å². The van der Waals surface area contributed by atoms with Crippen LogP contribution in [-0.2, 0) is 4.74 Å². The van der Waals surface area contributed by atoms with Gasteiger partial charge in [-0.3, -0.25) is 0 Å². The summed E-state index contributed by atoms with van der Waals surface area (Å²) in [5.74, 6) is -1.45. The van der Waals surface area contributed by atoms with Gasteiger partial charge in [-0.05, 0) is 6.07 Å². The van der Waals surface area contributed by atoms with E-state index in [1.54, 1.807) is 0 Å². The maximum absolute atomic E-state index is 13.7. The molecule has 2 rings (SSSR count). The van der Waals surface area contributed by atoms with E-state index in [9.17, 15) is 19.7 Å². The Morgan fingerprint density at radius 3 is 2.72 bits per heavy atom. The standard InChI is InChI=1S/C12H15FO5/c13-10-7(2-1-3-8(10)15)12-11(17)9(16)4-6(5-14)18-12/h1-3,6,9,11-12,14-17H,4-5H2. The summed E-state index contributed by atoms with van der Waals surface area (Å²) in [5, 5.41) is 37.8. The molecule has 18 heavy (non-hydrogen) atoms. The third-order valence-electron chi connectivity index (χ3n) is 3.07. The first-order valence-corrected chi connectivity index (χ1v) is 5.64. The highest BCUT2D eigenvalue weighted by atomic mass is 19.1. The molecule has 1 saturated heterocycles. The van der Waals surface area contributed by atoms with Gasteiger partial charge < -0.3 is 25.2 Å². The lowest BCUT2D eigenvalue weighted by atomic mass is 9.93. The van der Waals surface area contributed by atoms with E-state index in [0.717, 1.165) is 0 Å². The minimum atomic E-state index is -1.30. The lowest BCUT2D eigenvalue weighted by molar-refractivity contribution is -0.180. The van der Waals surface area contributed by atoms with E-state index >= 15 is 0 Å². The Labute approximate surface area is 103 Å². The summed E-state index contributed by atoms with van der Waals surface area (Å²) >= 11 is 0. The molecule has 0 radical (unpaired) electrons. The molecule has 4 unspecified atom stereocenters. The zero-order valence-corrected chi connectivity index (χ0v) is 9.53. The second kappa shape index (κ2) is 5.19. The van der Waals surface area contributed by atoms with Crippen molar-refractivity contribution in [3.8, 4) is 5.75 Å². The third-order valence-corrected chi connectivity index (χ3v) is 3.07. The van der Waals surface area contributed by atoms with E-state index in [1.165, 1.54) is 18.2 Å². The Hall–Kier alpha value is -1.21. The first-order valence-electron chi connectivity index (χ1n) is 5.64. The van der Waals surface area contributed by atoms with Gasteiger partial charge in [0.25, 0.3) is 0 Å². The Morgan fingerprint density at radius 2 is 2.06 bits per heavy atom. The number of aliphatic hydroxyl groups is 3. The second-order valence-corrected chi connectivity index (χ2v) is 4.34.